The zero-order valence-electron chi connectivity index (χ0n) is 22.2. The van der Waals surface area contributed by atoms with Crippen molar-refractivity contribution in [3.63, 3.8) is 0 Å². The third-order valence-corrected chi connectivity index (χ3v) is 6.64. The molecule has 2 aromatic rings. The van der Waals surface area contributed by atoms with Gasteiger partial charge in [0.05, 0.1) is 6.10 Å². The molecule has 0 bridgehead atoms. The second-order valence-electron chi connectivity index (χ2n) is 10.8. The standard InChI is InChI=1S/C30H43NO4/c1-6-7-8-10-23(24-11-9-12-27-29(24)35-18-17-34-27)20-28(33)31-26-19-22(14-13-21(2)32)15-16-25(26)30(3,4)5/h9,11-12,15-16,19,21,23,32H,6-8,10,13-14,17-18,20H2,1-5H3,(H,31,33). The number of para-hydroxylation sites is 1. The van der Waals surface area contributed by atoms with E-state index in [1.807, 2.05) is 19.1 Å². The van der Waals surface area contributed by atoms with Gasteiger partial charge in [-0.2, -0.15) is 0 Å². The first-order valence-electron chi connectivity index (χ1n) is 13.2. The van der Waals surface area contributed by atoms with Crippen LogP contribution in [-0.2, 0) is 16.6 Å². The minimum absolute atomic E-state index is 0.0130. The van der Waals surface area contributed by atoms with Crippen LogP contribution in [0.4, 0.5) is 5.69 Å². The molecule has 0 saturated heterocycles. The number of aliphatic hydroxyl groups excluding tert-OH is 1. The topological polar surface area (TPSA) is 67.8 Å². The first-order valence-corrected chi connectivity index (χ1v) is 13.2. The van der Waals surface area contributed by atoms with Gasteiger partial charge in [-0.15, -0.1) is 0 Å². The van der Waals surface area contributed by atoms with E-state index in [0.29, 0.717) is 26.1 Å². The Labute approximate surface area is 211 Å². The fourth-order valence-corrected chi connectivity index (χ4v) is 4.73. The van der Waals surface area contributed by atoms with Gasteiger partial charge in [-0.1, -0.05) is 71.2 Å². The number of nitrogens with one attached hydrogen (secondary N) is 1. The molecule has 5 heteroatoms. The summed E-state index contributed by atoms with van der Waals surface area (Å²) in [6, 6.07) is 12.3. The van der Waals surface area contributed by atoms with Gasteiger partial charge in [-0.3, -0.25) is 4.79 Å². The summed E-state index contributed by atoms with van der Waals surface area (Å²) in [5, 5.41) is 12.9. The fraction of sp³-hybridized carbons (Fsp3) is 0.567. The van der Waals surface area contributed by atoms with Crippen molar-refractivity contribution in [3.05, 3.63) is 53.1 Å². The molecule has 2 N–H and O–H groups in total. The van der Waals surface area contributed by atoms with Gasteiger partial charge in [0.15, 0.2) is 11.5 Å². The van der Waals surface area contributed by atoms with Gasteiger partial charge in [-0.05, 0) is 60.8 Å². The predicted molar refractivity (Wildman–Crippen MR) is 143 cm³/mol. The average Bonchev–Trinajstić information content (AvgIpc) is 2.81. The van der Waals surface area contributed by atoms with Gasteiger partial charge in [0.2, 0.25) is 5.91 Å². The third-order valence-electron chi connectivity index (χ3n) is 6.64. The number of amides is 1. The molecule has 0 aliphatic carbocycles. The Hall–Kier alpha value is -2.53. The summed E-state index contributed by atoms with van der Waals surface area (Å²) in [7, 11) is 0. The van der Waals surface area contributed by atoms with Gasteiger partial charge in [-0.25, -0.2) is 0 Å². The summed E-state index contributed by atoms with van der Waals surface area (Å²) < 4.78 is 11.8. The lowest BCUT2D eigenvalue weighted by atomic mass is 9.84. The molecular formula is C30H43NO4. The molecule has 1 aliphatic rings. The molecule has 0 radical (unpaired) electrons. The van der Waals surface area contributed by atoms with Crippen molar-refractivity contribution in [1.29, 1.82) is 0 Å². The maximum Gasteiger partial charge on any atom is 0.224 e. The van der Waals surface area contributed by atoms with Crippen molar-refractivity contribution in [2.45, 2.75) is 97.0 Å². The first kappa shape index (κ1) is 27.1. The predicted octanol–water partition coefficient (Wildman–Crippen LogP) is 6.76. The number of ether oxygens (including phenoxy) is 2. The smallest absolute Gasteiger partial charge is 0.224 e. The molecule has 1 heterocycles. The van der Waals surface area contributed by atoms with Crippen molar-refractivity contribution in [3.8, 4) is 11.5 Å². The molecule has 0 spiro atoms. The summed E-state index contributed by atoms with van der Waals surface area (Å²) >= 11 is 0. The number of aryl methyl sites for hydroxylation is 1. The number of carbonyl (C=O) groups is 1. The molecule has 1 amide bonds. The Morgan fingerprint density at radius 1 is 1.09 bits per heavy atom. The number of benzene rings is 2. The first-order chi connectivity index (χ1) is 16.7. The summed E-state index contributed by atoms with van der Waals surface area (Å²) in [6.07, 6.45) is 5.81. The van der Waals surface area contributed by atoms with E-state index in [4.69, 9.17) is 9.47 Å². The van der Waals surface area contributed by atoms with Crippen LogP contribution in [0.5, 0.6) is 11.5 Å². The summed E-state index contributed by atoms with van der Waals surface area (Å²) in [4.78, 5) is 13.4. The van der Waals surface area contributed by atoms with Crippen LogP contribution in [0.1, 0.15) is 95.8 Å². The number of aliphatic hydroxyl groups is 1. The Morgan fingerprint density at radius 3 is 2.57 bits per heavy atom. The Kier molecular flexibility index (Phi) is 9.62. The van der Waals surface area contributed by atoms with Crippen molar-refractivity contribution < 1.29 is 19.4 Å². The molecule has 2 atom stereocenters. The minimum Gasteiger partial charge on any atom is -0.486 e. The second-order valence-corrected chi connectivity index (χ2v) is 10.8. The van der Waals surface area contributed by atoms with Crippen LogP contribution in [0.3, 0.4) is 0 Å². The lowest BCUT2D eigenvalue weighted by molar-refractivity contribution is -0.116. The van der Waals surface area contributed by atoms with Crippen molar-refractivity contribution in [2.24, 2.45) is 0 Å². The number of hydrogen-bond acceptors (Lipinski definition) is 4. The van der Waals surface area contributed by atoms with E-state index in [1.54, 1.807) is 0 Å². The Balaban J connectivity index is 1.83. The van der Waals surface area contributed by atoms with Crippen molar-refractivity contribution >= 4 is 11.6 Å². The van der Waals surface area contributed by atoms with Crippen molar-refractivity contribution in [1.82, 2.24) is 0 Å². The van der Waals surface area contributed by atoms with Gasteiger partial charge in [0.25, 0.3) is 0 Å². The number of anilines is 1. The van der Waals surface area contributed by atoms with E-state index in [1.165, 1.54) is 0 Å². The number of hydrogen-bond donors (Lipinski definition) is 2. The van der Waals surface area contributed by atoms with E-state index in [9.17, 15) is 9.90 Å². The highest BCUT2D eigenvalue weighted by molar-refractivity contribution is 5.92. The fourth-order valence-electron chi connectivity index (χ4n) is 4.73. The zero-order valence-corrected chi connectivity index (χ0v) is 22.2. The molecule has 3 rings (SSSR count). The molecule has 0 aromatic heterocycles. The highest BCUT2D eigenvalue weighted by Gasteiger charge is 2.25. The third kappa shape index (κ3) is 7.73. The molecule has 192 valence electrons. The highest BCUT2D eigenvalue weighted by atomic mass is 16.6. The van der Waals surface area contributed by atoms with Crippen LogP contribution in [-0.4, -0.2) is 30.3 Å². The molecule has 35 heavy (non-hydrogen) atoms. The molecular weight excluding hydrogens is 438 g/mol. The Morgan fingerprint density at radius 2 is 1.86 bits per heavy atom. The number of unbranched alkanes of at least 4 members (excludes halogenated alkanes) is 2. The molecule has 2 unspecified atom stereocenters. The summed E-state index contributed by atoms with van der Waals surface area (Å²) in [6.45, 7) is 11.6. The van der Waals surface area contributed by atoms with E-state index >= 15 is 0 Å². The molecule has 5 nitrogen and oxygen atoms in total. The van der Waals surface area contributed by atoms with Crippen LogP contribution >= 0.6 is 0 Å². The summed E-state index contributed by atoms with van der Waals surface area (Å²) in [5.41, 5.74) is 4.07. The SMILES string of the molecule is CCCCCC(CC(=O)Nc1cc(CCC(C)O)ccc1C(C)(C)C)c1cccc2c1OCCO2. The lowest BCUT2D eigenvalue weighted by Gasteiger charge is -2.26. The average molecular weight is 482 g/mol. The maximum absolute atomic E-state index is 13.4. The van der Waals surface area contributed by atoms with Crippen LogP contribution in [0, 0.1) is 0 Å². The van der Waals surface area contributed by atoms with E-state index < -0.39 is 0 Å². The van der Waals surface area contributed by atoms with Crippen LogP contribution in [0.15, 0.2) is 36.4 Å². The number of carbonyl (C=O) groups excluding carboxylic acids is 1. The normalized spacial score (nSPS) is 14.9. The largest absolute Gasteiger partial charge is 0.486 e. The van der Waals surface area contributed by atoms with Gasteiger partial charge in [0.1, 0.15) is 13.2 Å². The number of fused-ring (bicyclic) bond motifs is 1. The maximum atomic E-state index is 13.4. The molecule has 1 aliphatic heterocycles. The summed E-state index contributed by atoms with van der Waals surface area (Å²) in [5.74, 6) is 1.65. The monoisotopic (exact) mass is 481 g/mol. The highest BCUT2D eigenvalue weighted by Crippen LogP contribution is 2.41. The van der Waals surface area contributed by atoms with E-state index in [0.717, 1.165) is 66.0 Å². The van der Waals surface area contributed by atoms with Crippen LogP contribution < -0.4 is 14.8 Å². The van der Waals surface area contributed by atoms with Gasteiger partial charge < -0.3 is 19.9 Å². The van der Waals surface area contributed by atoms with E-state index in [2.05, 4.69) is 57.3 Å². The van der Waals surface area contributed by atoms with Crippen molar-refractivity contribution in [2.75, 3.05) is 18.5 Å². The molecule has 2 aromatic carbocycles. The van der Waals surface area contributed by atoms with Crippen LogP contribution in [0.25, 0.3) is 0 Å². The van der Waals surface area contributed by atoms with Crippen LogP contribution in [0.2, 0.25) is 0 Å². The Bertz CT molecular complexity index is 977. The molecule has 0 fully saturated rings. The number of rotatable bonds is 11. The van der Waals surface area contributed by atoms with Gasteiger partial charge >= 0.3 is 0 Å². The van der Waals surface area contributed by atoms with E-state index in [-0.39, 0.29) is 23.3 Å². The lowest BCUT2D eigenvalue weighted by Crippen LogP contribution is -2.22. The second kappa shape index (κ2) is 12.4. The molecule has 0 saturated carbocycles. The van der Waals surface area contributed by atoms with Gasteiger partial charge in [0, 0.05) is 17.7 Å². The quantitative estimate of drug-likeness (QED) is 0.348. The zero-order chi connectivity index (χ0) is 25.4. The minimum atomic E-state index is -0.345.